The van der Waals surface area contributed by atoms with Crippen molar-refractivity contribution in [3.63, 3.8) is 0 Å². The van der Waals surface area contributed by atoms with Gasteiger partial charge in [0.15, 0.2) is 6.10 Å². The molecule has 0 unspecified atom stereocenters. The van der Waals surface area contributed by atoms with E-state index in [1.807, 2.05) is 0 Å². The second kappa shape index (κ2) is 14.7. The van der Waals surface area contributed by atoms with E-state index in [1.165, 1.54) is 19.1 Å². The van der Waals surface area contributed by atoms with Gasteiger partial charge in [-0.1, -0.05) is 91.0 Å². The Labute approximate surface area is 257 Å². The number of alkyl carbamates (subject to hydrolysis) is 1. The maximum atomic E-state index is 15.3. The van der Waals surface area contributed by atoms with Gasteiger partial charge in [-0.05, 0) is 30.0 Å². The Morgan fingerprint density at radius 2 is 1.40 bits per heavy atom. The quantitative estimate of drug-likeness (QED) is 0.221. The molecule has 0 radical (unpaired) electrons. The van der Waals surface area contributed by atoms with Gasteiger partial charge in [-0.2, -0.15) is 13.2 Å². The minimum absolute atomic E-state index is 0.0364. The van der Waals surface area contributed by atoms with Crippen molar-refractivity contribution in [3.8, 4) is 0 Å². The van der Waals surface area contributed by atoms with Gasteiger partial charge >= 0.3 is 24.3 Å². The van der Waals surface area contributed by atoms with E-state index in [0.717, 1.165) is 0 Å². The summed E-state index contributed by atoms with van der Waals surface area (Å²) in [4.78, 5) is 53.8. The summed E-state index contributed by atoms with van der Waals surface area (Å²) in [5.41, 5.74) is -2.69. The van der Waals surface area contributed by atoms with E-state index in [9.17, 15) is 19.2 Å². The van der Waals surface area contributed by atoms with Gasteiger partial charge < -0.3 is 18.9 Å². The van der Waals surface area contributed by atoms with E-state index in [1.54, 1.807) is 84.2 Å². The number of cyclic esters (lactones) is 1. The Morgan fingerprint density at radius 1 is 0.867 bits per heavy atom. The molecule has 3 aromatic carbocycles. The molecular formula is C32H31F3N2O8. The molecule has 3 atom stereocenters. The average Bonchev–Trinajstić information content (AvgIpc) is 3.39. The molecule has 4 rings (SSSR count). The largest absolute Gasteiger partial charge is 0.464 e. The number of rotatable bonds is 12. The van der Waals surface area contributed by atoms with Crippen LogP contribution in [0.3, 0.4) is 0 Å². The maximum absolute atomic E-state index is 15.3. The van der Waals surface area contributed by atoms with Gasteiger partial charge in [0.05, 0.1) is 19.3 Å². The van der Waals surface area contributed by atoms with Crippen LogP contribution in [0.2, 0.25) is 0 Å². The van der Waals surface area contributed by atoms with Crippen LogP contribution in [-0.4, -0.2) is 66.0 Å². The zero-order valence-electron chi connectivity index (χ0n) is 24.2. The highest BCUT2D eigenvalue weighted by Crippen LogP contribution is 2.38. The van der Waals surface area contributed by atoms with Gasteiger partial charge in [-0.15, -0.1) is 0 Å². The first kappa shape index (κ1) is 33.0. The molecule has 1 saturated heterocycles. The number of carbonyl (C=O) groups excluding carboxylic acids is 4. The van der Waals surface area contributed by atoms with E-state index in [-0.39, 0.29) is 13.0 Å². The van der Waals surface area contributed by atoms with E-state index < -0.39 is 67.7 Å². The molecule has 1 aliphatic heterocycles. The fourth-order valence-electron chi connectivity index (χ4n) is 4.75. The summed E-state index contributed by atoms with van der Waals surface area (Å²) >= 11 is 0. The lowest BCUT2D eigenvalue weighted by Crippen LogP contribution is -2.74. The van der Waals surface area contributed by atoms with Crippen LogP contribution in [0.5, 0.6) is 0 Å². The second-order valence-electron chi connectivity index (χ2n) is 10.0. The van der Waals surface area contributed by atoms with Crippen molar-refractivity contribution in [1.29, 1.82) is 0 Å². The standard InChI is InChI=1S/C32H31F3N2O8/c1-2-42-28(39)31(32(33,34)35,36-29(40)44-20-24-16-10-5-11-17-24)26(43-19-23-14-8-4-9-15-23)27(38)37-25(21-45-30(37)41)18-22-12-6-3-7-13-22/h3-17,25-26H,2,18-21H2,1H3,(H,36,40)/t25-,26+,31+/m0/s1. The first-order valence-corrected chi connectivity index (χ1v) is 14.0. The summed E-state index contributed by atoms with van der Waals surface area (Å²) in [5, 5.41) is 1.56. The molecule has 10 nitrogen and oxygen atoms in total. The molecule has 0 spiro atoms. The third-order valence-electron chi connectivity index (χ3n) is 6.95. The van der Waals surface area contributed by atoms with Crippen molar-refractivity contribution in [3.05, 3.63) is 108 Å². The third kappa shape index (κ3) is 7.79. The molecule has 0 bridgehead atoms. The summed E-state index contributed by atoms with van der Waals surface area (Å²) in [7, 11) is 0. The Kier molecular flexibility index (Phi) is 10.8. The van der Waals surface area contributed by atoms with Gasteiger partial charge in [0.2, 0.25) is 0 Å². The predicted molar refractivity (Wildman–Crippen MR) is 152 cm³/mol. The number of nitrogens with one attached hydrogen (secondary N) is 1. The second-order valence-corrected chi connectivity index (χ2v) is 10.0. The van der Waals surface area contributed by atoms with Crippen LogP contribution in [0.25, 0.3) is 0 Å². The number of imide groups is 1. The highest BCUT2D eigenvalue weighted by molar-refractivity contribution is 6.02. The van der Waals surface area contributed by atoms with E-state index in [4.69, 9.17) is 18.9 Å². The van der Waals surface area contributed by atoms with Gasteiger partial charge in [-0.3, -0.25) is 10.1 Å². The van der Waals surface area contributed by atoms with Crippen LogP contribution in [0.1, 0.15) is 23.6 Å². The zero-order chi connectivity index (χ0) is 32.5. The summed E-state index contributed by atoms with van der Waals surface area (Å²) in [6.45, 7) is -0.677. The monoisotopic (exact) mass is 628 g/mol. The highest BCUT2D eigenvalue weighted by atomic mass is 19.4. The Bertz CT molecular complexity index is 1460. The predicted octanol–water partition coefficient (Wildman–Crippen LogP) is 4.95. The summed E-state index contributed by atoms with van der Waals surface area (Å²) in [6, 6.07) is 23.5. The van der Waals surface area contributed by atoms with Crippen molar-refractivity contribution in [2.75, 3.05) is 13.2 Å². The van der Waals surface area contributed by atoms with E-state index in [2.05, 4.69) is 0 Å². The van der Waals surface area contributed by atoms with Crippen LogP contribution < -0.4 is 5.32 Å². The molecule has 1 fully saturated rings. The molecule has 45 heavy (non-hydrogen) atoms. The van der Waals surface area contributed by atoms with Gasteiger partial charge in [0.1, 0.15) is 13.2 Å². The number of amides is 3. The number of nitrogens with zero attached hydrogens (tertiary/aromatic N) is 1. The fraction of sp³-hybridized carbons (Fsp3) is 0.312. The topological polar surface area (TPSA) is 120 Å². The molecule has 13 heteroatoms. The fourth-order valence-corrected chi connectivity index (χ4v) is 4.75. The first-order chi connectivity index (χ1) is 21.6. The minimum Gasteiger partial charge on any atom is -0.464 e. The SMILES string of the molecule is CCOC(=O)[C@](NC(=O)OCc1ccccc1)([C@H](OCc1ccccc1)C(=O)N1C(=O)OC[C@@H]1Cc1ccccc1)C(F)(F)F. The lowest BCUT2D eigenvalue weighted by molar-refractivity contribution is -0.239. The number of hydrogen-bond acceptors (Lipinski definition) is 8. The number of carbonyl (C=O) groups is 4. The van der Waals surface area contributed by atoms with Crippen molar-refractivity contribution in [2.24, 2.45) is 0 Å². The number of ether oxygens (including phenoxy) is 4. The van der Waals surface area contributed by atoms with Crippen LogP contribution >= 0.6 is 0 Å². The molecular weight excluding hydrogens is 597 g/mol. The van der Waals surface area contributed by atoms with Crippen molar-refractivity contribution in [2.45, 2.75) is 50.4 Å². The zero-order valence-corrected chi connectivity index (χ0v) is 24.2. The van der Waals surface area contributed by atoms with Gasteiger partial charge in [-0.25, -0.2) is 19.3 Å². The number of alkyl halides is 3. The first-order valence-electron chi connectivity index (χ1n) is 14.0. The molecule has 0 aromatic heterocycles. The molecule has 238 valence electrons. The Morgan fingerprint density at radius 3 is 1.93 bits per heavy atom. The van der Waals surface area contributed by atoms with E-state index >= 15 is 13.2 Å². The molecule has 1 N–H and O–H groups in total. The van der Waals surface area contributed by atoms with Crippen molar-refractivity contribution >= 4 is 24.1 Å². The molecule has 1 aliphatic rings. The van der Waals surface area contributed by atoms with Crippen molar-refractivity contribution < 1.29 is 51.3 Å². The number of benzene rings is 3. The van der Waals surface area contributed by atoms with Gasteiger partial charge in [0.25, 0.3) is 11.4 Å². The number of halogens is 3. The van der Waals surface area contributed by atoms with Crippen molar-refractivity contribution in [1.82, 2.24) is 10.2 Å². The number of esters is 1. The molecule has 0 saturated carbocycles. The molecule has 3 amide bonds. The van der Waals surface area contributed by atoms with Crippen LogP contribution in [-0.2, 0) is 48.2 Å². The normalized spacial score (nSPS) is 16.7. The molecule has 1 heterocycles. The highest BCUT2D eigenvalue weighted by Gasteiger charge is 2.71. The Hall–Kier alpha value is -4.91. The lowest BCUT2D eigenvalue weighted by atomic mass is 9.89. The summed E-state index contributed by atoms with van der Waals surface area (Å²) in [5.74, 6) is -3.60. The lowest BCUT2D eigenvalue weighted by Gasteiger charge is -2.39. The Balaban J connectivity index is 1.76. The van der Waals surface area contributed by atoms with Gasteiger partial charge in [0, 0.05) is 0 Å². The van der Waals surface area contributed by atoms with E-state index in [0.29, 0.717) is 21.6 Å². The number of hydrogen-bond donors (Lipinski definition) is 1. The molecule has 0 aliphatic carbocycles. The third-order valence-corrected chi connectivity index (χ3v) is 6.95. The van der Waals surface area contributed by atoms with Crippen LogP contribution in [0.15, 0.2) is 91.0 Å². The molecule has 3 aromatic rings. The smallest absolute Gasteiger partial charge is 0.425 e. The van der Waals surface area contributed by atoms with Crippen LogP contribution in [0.4, 0.5) is 22.8 Å². The summed E-state index contributed by atoms with van der Waals surface area (Å²) in [6.07, 6.45) is -11.4. The maximum Gasteiger partial charge on any atom is 0.425 e. The minimum atomic E-state index is -5.69. The average molecular weight is 629 g/mol. The summed E-state index contributed by atoms with van der Waals surface area (Å²) < 4.78 is 66.4. The van der Waals surface area contributed by atoms with Crippen LogP contribution in [0, 0.1) is 0 Å².